The van der Waals surface area contributed by atoms with Gasteiger partial charge in [-0.05, 0) is 29.2 Å². The molecule has 1 aromatic heterocycles. The summed E-state index contributed by atoms with van der Waals surface area (Å²) in [6.07, 6.45) is 4.43. The number of rotatable bonds is 4. The number of urea groups is 1. The van der Waals surface area contributed by atoms with Gasteiger partial charge in [0.25, 0.3) is 0 Å². The van der Waals surface area contributed by atoms with Gasteiger partial charge in [0, 0.05) is 13.1 Å². The first-order chi connectivity index (χ1) is 10.1. The van der Waals surface area contributed by atoms with E-state index < -0.39 is 6.03 Å². The van der Waals surface area contributed by atoms with Crippen LogP contribution in [0.4, 0.5) is 4.79 Å². The molecule has 9 heteroatoms. The number of nitrogens with zero attached hydrogens (tertiary/aromatic N) is 4. The molecule has 0 saturated heterocycles. The van der Waals surface area contributed by atoms with E-state index >= 15 is 0 Å². The molecule has 116 valence electrons. The highest BCUT2D eigenvalue weighted by Gasteiger charge is 2.23. The van der Waals surface area contributed by atoms with Gasteiger partial charge in [-0.3, -0.25) is 10.1 Å². The van der Waals surface area contributed by atoms with E-state index in [0.29, 0.717) is 11.1 Å². The topological polar surface area (TPSA) is 102 Å². The first-order valence-corrected chi connectivity index (χ1v) is 8.00. The van der Waals surface area contributed by atoms with Crippen LogP contribution in [-0.4, -0.2) is 43.9 Å². The van der Waals surface area contributed by atoms with Crippen molar-refractivity contribution in [3.8, 4) is 0 Å². The minimum Gasteiger partial charge on any atom is -0.335 e. The van der Waals surface area contributed by atoms with Crippen molar-refractivity contribution in [2.45, 2.75) is 43.8 Å². The van der Waals surface area contributed by atoms with Crippen LogP contribution in [0.3, 0.4) is 0 Å². The first-order valence-electron chi connectivity index (χ1n) is 7.01. The molecule has 0 aromatic carbocycles. The lowest BCUT2D eigenvalue weighted by molar-refractivity contribution is -0.117. The predicted octanol–water partition coefficient (Wildman–Crippen LogP) is 0.707. The highest BCUT2D eigenvalue weighted by molar-refractivity contribution is 7.99. The molecule has 0 radical (unpaired) electrons. The summed E-state index contributed by atoms with van der Waals surface area (Å²) in [5, 5.41) is 16.7. The van der Waals surface area contributed by atoms with E-state index in [1.54, 1.807) is 7.05 Å². The third-order valence-electron chi connectivity index (χ3n) is 3.59. The van der Waals surface area contributed by atoms with E-state index in [2.05, 4.69) is 33.1 Å². The Hall–Kier alpha value is -1.64. The average Bonchev–Trinajstić information content (AvgIpc) is 2.84. The Balaban J connectivity index is 1.72. The predicted molar refractivity (Wildman–Crippen MR) is 77.6 cm³/mol. The molecule has 21 heavy (non-hydrogen) atoms. The lowest BCUT2D eigenvalue weighted by atomic mass is 9.86. The quantitative estimate of drug-likeness (QED) is 0.794. The zero-order valence-corrected chi connectivity index (χ0v) is 13.0. The molecule has 0 spiro atoms. The summed E-state index contributed by atoms with van der Waals surface area (Å²) in [6.45, 7) is 2.13. The molecular weight excluding hydrogens is 292 g/mol. The molecule has 0 bridgehead atoms. The number of aryl methyl sites for hydroxylation is 1. The van der Waals surface area contributed by atoms with Gasteiger partial charge in [-0.15, -0.1) is 5.10 Å². The monoisotopic (exact) mass is 312 g/mol. The van der Waals surface area contributed by atoms with Crippen LogP contribution in [0.15, 0.2) is 5.16 Å². The van der Waals surface area contributed by atoms with Crippen LogP contribution >= 0.6 is 11.8 Å². The number of hydrogen-bond donors (Lipinski definition) is 2. The second-order valence-corrected chi connectivity index (χ2v) is 6.21. The summed E-state index contributed by atoms with van der Waals surface area (Å²) in [7, 11) is 1.69. The van der Waals surface area contributed by atoms with E-state index in [1.807, 2.05) is 0 Å². The summed E-state index contributed by atoms with van der Waals surface area (Å²) < 4.78 is 1.47. The van der Waals surface area contributed by atoms with Crippen molar-refractivity contribution in [1.82, 2.24) is 30.8 Å². The van der Waals surface area contributed by atoms with Gasteiger partial charge in [-0.1, -0.05) is 31.5 Å². The van der Waals surface area contributed by atoms with Gasteiger partial charge in [-0.25, -0.2) is 9.48 Å². The summed E-state index contributed by atoms with van der Waals surface area (Å²) in [5.74, 6) is 0.199. The molecule has 8 nitrogen and oxygen atoms in total. The van der Waals surface area contributed by atoms with Crippen molar-refractivity contribution in [3.05, 3.63) is 0 Å². The van der Waals surface area contributed by atoms with E-state index in [4.69, 9.17) is 0 Å². The summed E-state index contributed by atoms with van der Waals surface area (Å²) in [4.78, 5) is 23.5. The van der Waals surface area contributed by atoms with Crippen molar-refractivity contribution in [3.63, 3.8) is 0 Å². The Morgan fingerprint density at radius 1 is 1.38 bits per heavy atom. The van der Waals surface area contributed by atoms with Gasteiger partial charge >= 0.3 is 6.03 Å². The van der Waals surface area contributed by atoms with Crippen molar-refractivity contribution in [2.24, 2.45) is 13.0 Å². The number of aromatic nitrogens is 4. The second kappa shape index (κ2) is 7.39. The maximum atomic E-state index is 11.8. The zero-order chi connectivity index (χ0) is 15.2. The molecule has 1 aliphatic rings. The van der Waals surface area contributed by atoms with Crippen LogP contribution in [-0.2, 0) is 11.8 Å². The van der Waals surface area contributed by atoms with Crippen molar-refractivity contribution in [2.75, 3.05) is 5.75 Å². The fourth-order valence-corrected chi connectivity index (χ4v) is 3.02. The van der Waals surface area contributed by atoms with Crippen LogP contribution in [0.25, 0.3) is 0 Å². The third-order valence-corrected chi connectivity index (χ3v) is 4.61. The molecule has 1 aliphatic carbocycles. The van der Waals surface area contributed by atoms with Gasteiger partial charge < -0.3 is 5.32 Å². The standard InChI is InChI=1S/C12H20N6O2S/c1-8-5-3-4-6-9(8)13-11(20)14-10(19)7-21-12-15-16-17-18(12)2/h8-9H,3-7H2,1-2H3,(H2,13,14,19,20)/t8-,9+/m1/s1. The lowest BCUT2D eigenvalue weighted by Crippen LogP contribution is -2.48. The number of imide groups is 1. The Bertz CT molecular complexity index is 506. The largest absolute Gasteiger partial charge is 0.335 e. The number of amides is 3. The number of thioether (sulfide) groups is 1. The van der Waals surface area contributed by atoms with Crippen LogP contribution in [0.5, 0.6) is 0 Å². The fourth-order valence-electron chi connectivity index (χ4n) is 2.37. The van der Waals surface area contributed by atoms with Crippen LogP contribution in [0.2, 0.25) is 0 Å². The zero-order valence-electron chi connectivity index (χ0n) is 12.2. The van der Waals surface area contributed by atoms with Gasteiger partial charge in [0.15, 0.2) is 0 Å². The van der Waals surface area contributed by atoms with Gasteiger partial charge in [-0.2, -0.15) is 0 Å². The molecule has 3 amide bonds. The Labute approximate surface area is 127 Å². The molecule has 1 saturated carbocycles. The molecule has 2 rings (SSSR count). The van der Waals surface area contributed by atoms with Gasteiger partial charge in [0.1, 0.15) is 0 Å². The van der Waals surface area contributed by atoms with Crippen LogP contribution in [0, 0.1) is 5.92 Å². The minimum atomic E-state index is -0.421. The number of hydrogen-bond acceptors (Lipinski definition) is 6. The maximum absolute atomic E-state index is 11.8. The van der Waals surface area contributed by atoms with Crippen molar-refractivity contribution in [1.29, 1.82) is 0 Å². The summed E-state index contributed by atoms with van der Waals surface area (Å²) in [6, 6.07) is -0.266. The number of nitrogens with one attached hydrogen (secondary N) is 2. The van der Waals surface area contributed by atoms with Crippen LogP contribution in [0.1, 0.15) is 32.6 Å². The van der Waals surface area contributed by atoms with Crippen LogP contribution < -0.4 is 10.6 Å². The Morgan fingerprint density at radius 2 is 2.14 bits per heavy atom. The molecule has 2 atom stereocenters. The average molecular weight is 312 g/mol. The van der Waals surface area contributed by atoms with E-state index in [9.17, 15) is 9.59 Å². The molecule has 0 aliphatic heterocycles. The SMILES string of the molecule is C[C@@H]1CCCC[C@@H]1NC(=O)NC(=O)CSc1nnnn1C. The summed E-state index contributed by atoms with van der Waals surface area (Å²) >= 11 is 1.19. The lowest BCUT2D eigenvalue weighted by Gasteiger charge is -2.29. The maximum Gasteiger partial charge on any atom is 0.321 e. The smallest absolute Gasteiger partial charge is 0.321 e. The molecule has 1 fully saturated rings. The van der Waals surface area contributed by atoms with E-state index in [-0.39, 0.29) is 17.7 Å². The van der Waals surface area contributed by atoms with E-state index in [1.165, 1.54) is 22.9 Å². The van der Waals surface area contributed by atoms with Gasteiger partial charge in [0.05, 0.1) is 5.75 Å². The minimum absolute atomic E-state index is 0.0991. The Morgan fingerprint density at radius 3 is 2.81 bits per heavy atom. The third kappa shape index (κ3) is 4.69. The fraction of sp³-hybridized carbons (Fsp3) is 0.750. The first kappa shape index (κ1) is 15.7. The molecule has 1 heterocycles. The highest BCUT2D eigenvalue weighted by atomic mass is 32.2. The number of tetrazole rings is 1. The molecule has 2 N–H and O–H groups in total. The number of carbonyl (C=O) groups is 2. The normalized spacial score (nSPS) is 21.8. The highest BCUT2D eigenvalue weighted by Crippen LogP contribution is 2.23. The summed E-state index contributed by atoms with van der Waals surface area (Å²) in [5.41, 5.74) is 0. The van der Waals surface area contributed by atoms with Crippen molar-refractivity contribution < 1.29 is 9.59 Å². The van der Waals surface area contributed by atoms with Gasteiger partial charge in [0.2, 0.25) is 11.1 Å². The van der Waals surface area contributed by atoms with E-state index in [0.717, 1.165) is 19.3 Å². The second-order valence-electron chi connectivity index (χ2n) is 5.26. The number of carbonyl (C=O) groups excluding carboxylic acids is 2. The molecular formula is C12H20N6O2S. The molecule has 1 aromatic rings. The Kier molecular flexibility index (Phi) is 5.54. The molecule has 0 unspecified atom stereocenters. The van der Waals surface area contributed by atoms with Crippen molar-refractivity contribution >= 4 is 23.7 Å².